The lowest BCUT2D eigenvalue weighted by atomic mass is 9.83. The summed E-state index contributed by atoms with van der Waals surface area (Å²) in [4.78, 5) is 2.44. The average molecular weight is 225 g/mol. The molecule has 3 heteroatoms. The van der Waals surface area contributed by atoms with Gasteiger partial charge in [-0.2, -0.15) is 0 Å². The van der Waals surface area contributed by atoms with Crippen molar-refractivity contribution in [3.05, 3.63) is 0 Å². The molecule has 1 aliphatic carbocycles. The van der Waals surface area contributed by atoms with Crippen molar-refractivity contribution in [2.45, 2.75) is 44.7 Å². The van der Waals surface area contributed by atoms with E-state index in [9.17, 15) is 0 Å². The van der Waals surface area contributed by atoms with Crippen molar-refractivity contribution in [3.8, 4) is 0 Å². The molecule has 0 aromatic carbocycles. The Labute approximate surface area is 99.8 Å². The molecule has 2 fully saturated rings. The Morgan fingerprint density at radius 3 is 2.62 bits per heavy atom. The van der Waals surface area contributed by atoms with Crippen molar-refractivity contribution < 1.29 is 0 Å². The summed E-state index contributed by atoms with van der Waals surface area (Å²) in [5.41, 5.74) is 6.22. The molecule has 0 spiro atoms. The van der Waals surface area contributed by atoms with E-state index in [4.69, 9.17) is 5.73 Å². The molecule has 1 heterocycles. The van der Waals surface area contributed by atoms with Gasteiger partial charge >= 0.3 is 0 Å². The van der Waals surface area contributed by atoms with Crippen LogP contribution in [0.2, 0.25) is 0 Å². The van der Waals surface area contributed by atoms with Gasteiger partial charge in [0.25, 0.3) is 0 Å². The summed E-state index contributed by atoms with van der Waals surface area (Å²) in [5, 5.41) is 3.78. The number of piperidine rings is 1. The van der Waals surface area contributed by atoms with Crippen LogP contribution in [-0.4, -0.2) is 43.2 Å². The van der Waals surface area contributed by atoms with Crippen molar-refractivity contribution in [2.24, 2.45) is 17.6 Å². The van der Waals surface area contributed by atoms with Crippen molar-refractivity contribution >= 4 is 0 Å². The topological polar surface area (TPSA) is 41.3 Å². The van der Waals surface area contributed by atoms with Crippen LogP contribution in [0.4, 0.5) is 0 Å². The third-order valence-corrected chi connectivity index (χ3v) is 4.79. The summed E-state index contributed by atoms with van der Waals surface area (Å²) in [6.45, 7) is 7.79. The van der Waals surface area contributed by atoms with Crippen LogP contribution in [0.5, 0.6) is 0 Å². The van der Waals surface area contributed by atoms with Gasteiger partial charge in [-0.25, -0.2) is 0 Å². The number of likely N-dealkylation sites (tertiary alicyclic amines) is 1. The molecule has 0 radical (unpaired) electrons. The highest BCUT2D eigenvalue weighted by Gasteiger charge is 2.39. The fraction of sp³-hybridized carbons (Fsp3) is 1.00. The maximum absolute atomic E-state index is 6.01. The highest BCUT2D eigenvalue weighted by Crippen LogP contribution is 2.37. The normalized spacial score (nSPS) is 44.6. The van der Waals surface area contributed by atoms with E-state index in [2.05, 4.69) is 31.1 Å². The Morgan fingerprint density at radius 2 is 2.12 bits per heavy atom. The lowest BCUT2D eigenvalue weighted by molar-refractivity contribution is 0.110. The molecule has 1 saturated carbocycles. The van der Waals surface area contributed by atoms with Gasteiger partial charge in [-0.1, -0.05) is 6.92 Å². The summed E-state index contributed by atoms with van der Waals surface area (Å²) >= 11 is 0. The highest BCUT2D eigenvalue weighted by atomic mass is 15.2. The number of nitrogens with zero attached hydrogens (tertiary/aromatic N) is 1. The average Bonchev–Trinajstić information content (AvgIpc) is 2.97. The first-order valence-corrected chi connectivity index (χ1v) is 6.72. The van der Waals surface area contributed by atoms with Gasteiger partial charge in [-0.05, 0) is 58.2 Å². The van der Waals surface area contributed by atoms with Crippen LogP contribution >= 0.6 is 0 Å². The van der Waals surface area contributed by atoms with Gasteiger partial charge in [0.05, 0.1) is 0 Å². The summed E-state index contributed by atoms with van der Waals surface area (Å²) in [5.74, 6) is 1.85. The van der Waals surface area contributed by atoms with E-state index in [0.29, 0.717) is 6.04 Å². The molecule has 4 atom stereocenters. The van der Waals surface area contributed by atoms with Crippen LogP contribution in [0.25, 0.3) is 0 Å². The largest absolute Gasteiger partial charge is 0.329 e. The first-order chi connectivity index (χ1) is 7.56. The summed E-state index contributed by atoms with van der Waals surface area (Å²) in [6, 6.07) is 0.654. The van der Waals surface area contributed by atoms with Gasteiger partial charge < -0.3 is 16.0 Å². The van der Waals surface area contributed by atoms with Gasteiger partial charge in [-0.3, -0.25) is 0 Å². The van der Waals surface area contributed by atoms with E-state index < -0.39 is 0 Å². The molecule has 0 bridgehead atoms. The quantitative estimate of drug-likeness (QED) is 0.751. The Hall–Kier alpha value is -0.120. The zero-order valence-electron chi connectivity index (χ0n) is 11.0. The predicted octanol–water partition coefficient (Wildman–Crippen LogP) is 1.04. The van der Waals surface area contributed by atoms with Crippen molar-refractivity contribution in [3.63, 3.8) is 0 Å². The third-order valence-electron chi connectivity index (χ3n) is 4.79. The first-order valence-electron chi connectivity index (χ1n) is 6.72. The van der Waals surface area contributed by atoms with Crippen LogP contribution < -0.4 is 11.1 Å². The smallest absolute Gasteiger partial charge is 0.0331 e. The molecule has 2 rings (SSSR count). The van der Waals surface area contributed by atoms with E-state index in [-0.39, 0.29) is 5.54 Å². The first kappa shape index (κ1) is 12.3. The van der Waals surface area contributed by atoms with Gasteiger partial charge in [0.2, 0.25) is 0 Å². The maximum Gasteiger partial charge on any atom is 0.0331 e. The van der Waals surface area contributed by atoms with Crippen molar-refractivity contribution in [1.29, 1.82) is 0 Å². The second-order valence-electron chi connectivity index (χ2n) is 6.12. The summed E-state index contributed by atoms with van der Waals surface area (Å²) < 4.78 is 0. The fourth-order valence-electron chi connectivity index (χ4n) is 2.88. The van der Waals surface area contributed by atoms with Crippen LogP contribution in [0.3, 0.4) is 0 Å². The molecule has 3 nitrogen and oxygen atoms in total. The van der Waals surface area contributed by atoms with Gasteiger partial charge in [-0.15, -0.1) is 0 Å². The van der Waals surface area contributed by atoms with Gasteiger partial charge in [0.15, 0.2) is 0 Å². The summed E-state index contributed by atoms with van der Waals surface area (Å²) in [7, 11) is 2.22. The second-order valence-corrected chi connectivity index (χ2v) is 6.12. The van der Waals surface area contributed by atoms with E-state index in [1.807, 2.05) is 0 Å². The molecule has 0 aromatic rings. The molecule has 1 saturated heterocycles. The lowest BCUT2D eigenvalue weighted by Crippen LogP contribution is -2.59. The third kappa shape index (κ3) is 2.58. The Balaban J connectivity index is 1.86. The summed E-state index contributed by atoms with van der Waals surface area (Å²) in [6.07, 6.45) is 3.80. The minimum absolute atomic E-state index is 0.217. The number of nitrogens with two attached hydrogens (primary N) is 1. The molecular formula is C13H27N3. The molecule has 94 valence electrons. The Kier molecular flexibility index (Phi) is 3.57. The van der Waals surface area contributed by atoms with Crippen LogP contribution in [-0.2, 0) is 0 Å². The highest BCUT2D eigenvalue weighted by molar-refractivity contribution is 4.98. The molecule has 16 heavy (non-hydrogen) atoms. The molecule has 4 unspecified atom stereocenters. The minimum atomic E-state index is 0.217. The zero-order chi connectivity index (χ0) is 11.8. The zero-order valence-corrected chi connectivity index (χ0v) is 11.0. The molecule has 3 N–H and O–H groups in total. The fourth-order valence-corrected chi connectivity index (χ4v) is 2.88. The molecule has 1 aliphatic heterocycles. The van der Waals surface area contributed by atoms with E-state index >= 15 is 0 Å². The Morgan fingerprint density at radius 1 is 1.44 bits per heavy atom. The molecule has 0 amide bonds. The van der Waals surface area contributed by atoms with E-state index in [0.717, 1.165) is 18.4 Å². The van der Waals surface area contributed by atoms with E-state index in [1.54, 1.807) is 0 Å². The maximum atomic E-state index is 6.01. The second kappa shape index (κ2) is 4.63. The number of hydrogen-bond donors (Lipinski definition) is 2. The van der Waals surface area contributed by atoms with Gasteiger partial charge in [0, 0.05) is 18.1 Å². The Bertz CT molecular complexity index is 243. The standard InChI is InChI=1S/C13H27N3/c1-10-6-12(10)8-15-13(9-14)4-5-16(3)11(2)7-13/h10-12,15H,4-9,14H2,1-3H3. The van der Waals surface area contributed by atoms with Crippen LogP contribution in [0.15, 0.2) is 0 Å². The lowest BCUT2D eigenvalue weighted by Gasteiger charge is -2.44. The van der Waals surface area contributed by atoms with Crippen molar-refractivity contribution in [2.75, 3.05) is 26.7 Å². The SMILES string of the molecule is CC1CC1CNC1(CN)CCN(C)C(C)C1. The van der Waals surface area contributed by atoms with Crippen LogP contribution in [0.1, 0.15) is 33.1 Å². The molecule has 0 aromatic heterocycles. The molecule has 2 aliphatic rings. The number of nitrogens with one attached hydrogen (secondary N) is 1. The minimum Gasteiger partial charge on any atom is -0.329 e. The predicted molar refractivity (Wildman–Crippen MR) is 68.4 cm³/mol. The molecular weight excluding hydrogens is 198 g/mol. The number of rotatable bonds is 4. The van der Waals surface area contributed by atoms with E-state index in [1.165, 1.54) is 32.4 Å². The van der Waals surface area contributed by atoms with Gasteiger partial charge in [0.1, 0.15) is 0 Å². The number of hydrogen-bond acceptors (Lipinski definition) is 3. The monoisotopic (exact) mass is 225 g/mol. The van der Waals surface area contributed by atoms with Crippen molar-refractivity contribution in [1.82, 2.24) is 10.2 Å². The van der Waals surface area contributed by atoms with Crippen LogP contribution in [0, 0.1) is 11.8 Å².